The van der Waals surface area contributed by atoms with Gasteiger partial charge in [-0.1, -0.05) is 18.2 Å². The molecule has 0 saturated carbocycles. The molecule has 3 aromatic rings. The van der Waals surface area contributed by atoms with E-state index in [1.165, 1.54) is 24.3 Å². The highest BCUT2D eigenvalue weighted by Gasteiger charge is 2.10. The molecule has 0 fully saturated rings. The molecule has 0 saturated heterocycles. The Morgan fingerprint density at radius 3 is 2.84 bits per heavy atom. The molecule has 4 heteroatoms. The van der Waals surface area contributed by atoms with Crippen LogP contribution in [-0.2, 0) is 6.54 Å². The number of hydrogen-bond donors (Lipinski definition) is 1. The van der Waals surface area contributed by atoms with E-state index in [-0.39, 0.29) is 0 Å². The van der Waals surface area contributed by atoms with E-state index in [9.17, 15) is 0 Å². The molecule has 1 atom stereocenters. The zero-order chi connectivity index (χ0) is 13.2. The number of fused-ring (bicyclic) bond motifs is 1. The highest BCUT2D eigenvalue weighted by Crippen LogP contribution is 2.30. The van der Waals surface area contributed by atoms with Gasteiger partial charge >= 0.3 is 0 Å². The summed E-state index contributed by atoms with van der Waals surface area (Å²) in [6.45, 7) is 3.14. The lowest BCUT2D eigenvalue weighted by atomic mass is 10.2. The maximum atomic E-state index is 3.59. The number of benzene rings is 1. The van der Waals surface area contributed by atoms with Crippen LogP contribution in [0.2, 0.25) is 0 Å². The van der Waals surface area contributed by atoms with Gasteiger partial charge in [0.25, 0.3) is 0 Å². The number of nitrogens with one attached hydrogen (secondary N) is 1. The van der Waals surface area contributed by atoms with Crippen LogP contribution in [0.3, 0.4) is 0 Å². The van der Waals surface area contributed by atoms with E-state index < -0.39 is 0 Å². The molecule has 98 valence electrons. The number of halogens is 1. The fourth-order valence-corrected chi connectivity index (χ4v) is 4.55. The van der Waals surface area contributed by atoms with Gasteiger partial charge in [-0.2, -0.15) is 0 Å². The molecular formula is C15H14BrNS2. The Kier molecular flexibility index (Phi) is 4.03. The SMILES string of the molecule is CC(NCc1sccc1Br)c1cc2ccccc2s1. The fourth-order valence-electron chi connectivity index (χ4n) is 2.01. The van der Waals surface area contributed by atoms with Gasteiger partial charge in [0, 0.05) is 31.5 Å². The maximum absolute atomic E-state index is 3.59. The number of rotatable bonds is 4. The Balaban J connectivity index is 1.73. The minimum atomic E-state index is 0.381. The zero-order valence-electron chi connectivity index (χ0n) is 10.5. The molecule has 0 bridgehead atoms. The predicted octanol–water partition coefficient (Wildman–Crippen LogP) is 5.58. The standard InChI is InChI=1S/C15H14BrNS2/c1-10(17-9-15-12(16)6-7-18-15)14-8-11-4-2-3-5-13(11)19-14/h2-8,10,17H,9H2,1H3. The minimum absolute atomic E-state index is 0.381. The highest BCUT2D eigenvalue weighted by atomic mass is 79.9. The van der Waals surface area contributed by atoms with E-state index in [4.69, 9.17) is 0 Å². The van der Waals surface area contributed by atoms with Crippen molar-refractivity contribution in [1.82, 2.24) is 5.32 Å². The van der Waals surface area contributed by atoms with Gasteiger partial charge in [0.15, 0.2) is 0 Å². The van der Waals surface area contributed by atoms with Crippen molar-refractivity contribution < 1.29 is 0 Å². The van der Waals surface area contributed by atoms with Crippen LogP contribution in [0.1, 0.15) is 22.7 Å². The van der Waals surface area contributed by atoms with Crippen LogP contribution in [0, 0.1) is 0 Å². The summed E-state index contributed by atoms with van der Waals surface area (Å²) in [7, 11) is 0. The monoisotopic (exact) mass is 351 g/mol. The number of thiophene rings is 2. The lowest BCUT2D eigenvalue weighted by Gasteiger charge is -2.11. The molecule has 1 unspecified atom stereocenters. The molecular weight excluding hydrogens is 338 g/mol. The Labute approximate surface area is 129 Å². The van der Waals surface area contributed by atoms with Gasteiger partial charge < -0.3 is 5.32 Å². The van der Waals surface area contributed by atoms with Crippen molar-refractivity contribution in [2.24, 2.45) is 0 Å². The molecule has 3 rings (SSSR count). The van der Waals surface area contributed by atoms with Gasteiger partial charge in [0.2, 0.25) is 0 Å². The van der Waals surface area contributed by atoms with Gasteiger partial charge in [-0.25, -0.2) is 0 Å². The summed E-state index contributed by atoms with van der Waals surface area (Å²) >= 11 is 7.24. The Morgan fingerprint density at radius 2 is 2.11 bits per heavy atom. The van der Waals surface area contributed by atoms with Crippen LogP contribution in [0.25, 0.3) is 10.1 Å². The van der Waals surface area contributed by atoms with E-state index in [1.54, 1.807) is 11.3 Å². The first-order valence-electron chi connectivity index (χ1n) is 6.18. The minimum Gasteiger partial charge on any atom is -0.305 e. The summed E-state index contributed by atoms with van der Waals surface area (Å²) in [4.78, 5) is 2.75. The van der Waals surface area contributed by atoms with Gasteiger partial charge in [0.1, 0.15) is 0 Å². The lowest BCUT2D eigenvalue weighted by molar-refractivity contribution is 0.586. The van der Waals surface area contributed by atoms with Crippen molar-refractivity contribution in [3.63, 3.8) is 0 Å². The van der Waals surface area contributed by atoms with Crippen molar-refractivity contribution in [2.75, 3.05) is 0 Å². The first kappa shape index (κ1) is 13.3. The molecule has 2 heterocycles. The molecule has 1 aromatic carbocycles. The molecule has 0 spiro atoms. The number of hydrogen-bond acceptors (Lipinski definition) is 3. The van der Waals surface area contributed by atoms with Gasteiger partial charge in [-0.3, -0.25) is 0 Å². The third-order valence-corrected chi connectivity index (χ3v) is 6.36. The summed E-state index contributed by atoms with van der Waals surface area (Å²) < 4.78 is 2.57. The zero-order valence-corrected chi connectivity index (χ0v) is 13.7. The fraction of sp³-hybridized carbons (Fsp3) is 0.200. The lowest BCUT2D eigenvalue weighted by Crippen LogP contribution is -2.16. The largest absolute Gasteiger partial charge is 0.305 e. The van der Waals surface area contributed by atoms with Crippen molar-refractivity contribution in [3.8, 4) is 0 Å². The summed E-state index contributed by atoms with van der Waals surface area (Å²) in [5, 5.41) is 7.05. The van der Waals surface area contributed by atoms with E-state index >= 15 is 0 Å². The summed E-state index contributed by atoms with van der Waals surface area (Å²) in [6.07, 6.45) is 0. The second kappa shape index (κ2) is 5.75. The Hall–Kier alpha value is -0.680. The average Bonchev–Trinajstić information content (AvgIpc) is 3.01. The van der Waals surface area contributed by atoms with Gasteiger partial charge in [-0.05, 0) is 51.8 Å². The maximum Gasteiger partial charge on any atom is 0.0389 e. The van der Waals surface area contributed by atoms with Crippen molar-refractivity contribution in [3.05, 3.63) is 56.0 Å². The van der Waals surface area contributed by atoms with Crippen LogP contribution in [-0.4, -0.2) is 0 Å². The van der Waals surface area contributed by atoms with E-state index in [2.05, 4.69) is 69.9 Å². The predicted molar refractivity (Wildman–Crippen MR) is 89.1 cm³/mol. The van der Waals surface area contributed by atoms with E-state index in [1.807, 2.05) is 11.3 Å². The second-order valence-corrected chi connectivity index (χ2v) is 7.45. The molecule has 1 nitrogen and oxygen atoms in total. The normalized spacial score (nSPS) is 12.9. The molecule has 0 aliphatic carbocycles. The molecule has 1 N–H and O–H groups in total. The summed E-state index contributed by atoms with van der Waals surface area (Å²) in [5.74, 6) is 0. The second-order valence-electron chi connectivity index (χ2n) is 4.48. The van der Waals surface area contributed by atoms with E-state index in [0.29, 0.717) is 6.04 Å². The summed E-state index contributed by atoms with van der Waals surface area (Å²) in [6, 6.07) is 13.3. The van der Waals surface area contributed by atoms with Crippen LogP contribution in [0.5, 0.6) is 0 Å². The van der Waals surface area contributed by atoms with E-state index in [0.717, 1.165) is 6.54 Å². The van der Waals surface area contributed by atoms with Gasteiger partial charge in [-0.15, -0.1) is 22.7 Å². The first-order chi connectivity index (χ1) is 9.24. The van der Waals surface area contributed by atoms with Crippen LogP contribution in [0.4, 0.5) is 0 Å². The Bertz CT molecular complexity index is 653. The first-order valence-corrected chi connectivity index (χ1v) is 8.66. The van der Waals surface area contributed by atoms with Crippen molar-refractivity contribution in [2.45, 2.75) is 19.5 Å². The molecule has 0 amide bonds. The van der Waals surface area contributed by atoms with Crippen LogP contribution in [0.15, 0.2) is 46.3 Å². The molecule has 0 radical (unpaired) electrons. The topological polar surface area (TPSA) is 12.0 Å². The molecule has 2 aromatic heterocycles. The molecule has 19 heavy (non-hydrogen) atoms. The van der Waals surface area contributed by atoms with Gasteiger partial charge in [0.05, 0.1) is 0 Å². The average molecular weight is 352 g/mol. The third kappa shape index (κ3) is 2.92. The van der Waals surface area contributed by atoms with Crippen LogP contribution < -0.4 is 5.32 Å². The third-order valence-electron chi connectivity index (χ3n) is 3.13. The van der Waals surface area contributed by atoms with Crippen molar-refractivity contribution >= 4 is 48.7 Å². The highest BCUT2D eigenvalue weighted by molar-refractivity contribution is 9.10. The summed E-state index contributed by atoms with van der Waals surface area (Å²) in [5.41, 5.74) is 0. The van der Waals surface area contributed by atoms with Crippen molar-refractivity contribution in [1.29, 1.82) is 0 Å². The smallest absolute Gasteiger partial charge is 0.0389 e. The quantitative estimate of drug-likeness (QED) is 0.647. The molecule has 0 aliphatic rings. The molecule has 0 aliphatic heterocycles. The van der Waals surface area contributed by atoms with Crippen LogP contribution >= 0.6 is 38.6 Å². The Morgan fingerprint density at radius 1 is 1.26 bits per heavy atom.